The van der Waals surface area contributed by atoms with Gasteiger partial charge in [0.15, 0.2) is 5.75 Å². The van der Waals surface area contributed by atoms with Gasteiger partial charge in [-0.05, 0) is 90.5 Å². The van der Waals surface area contributed by atoms with Crippen LogP contribution in [0.4, 0.5) is 26.3 Å². The van der Waals surface area contributed by atoms with E-state index in [2.05, 4.69) is 37.9 Å². The van der Waals surface area contributed by atoms with Gasteiger partial charge in [-0.25, -0.2) is 14.0 Å². The number of benzene rings is 2. The lowest BCUT2D eigenvalue weighted by Crippen LogP contribution is -2.22. The minimum atomic E-state index is -4.40. The molecule has 15 heteroatoms. The van der Waals surface area contributed by atoms with Crippen molar-refractivity contribution in [3.63, 3.8) is 0 Å². The highest BCUT2D eigenvalue weighted by Crippen LogP contribution is 2.31. The van der Waals surface area contributed by atoms with Crippen LogP contribution < -0.4 is 10.3 Å². The summed E-state index contributed by atoms with van der Waals surface area (Å²) in [6.45, 7) is 3.65. The standard InChI is InChI=1S/C17H15F3N4O2.C11H8F3IN2/c1-10-9-24(12-6-4-11(5-7-12)17(18,19)20)22-15(10)14-13(26-3)8-21-23(2)16(14)25;1-7-6-17(16-10(7)15)9-4-2-8(3-5-9)11(12,13)14/h4-9H,1-3H3;2-6H,1H3. The number of aryl methyl sites for hydroxylation is 3. The Morgan fingerprint density at radius 1 is 0.767 bits per heavy atom. The minimum Gasteiger partial charge on any atom is -0.494 e. The zero-order valence-electron chi connectivity index (χ0n) is 23.0. The normalized spacial score (nSPS) is 11.7. The summed E-state index contributed by atoms with van der Waals surface area (Å²) in [5, 5.41) is 12.5. The van der Waals surface area contributed by atoms with Crippen molar-refractivity contribution in [2.75, 3.05) is 7.11 Å². The van der Waals surface area contributed by atoms with Crippen molar-refractivity contribution in [3.8, 4) is 28.4 Å². The number of nitrogens with zero attached hydrogens (tertiary/aromatic N) is 6. The Balaban J connectivity index is 0.000000215. The van der Waals surface area contributed by atoms with Gasteiger partial charge in [0.2, 0.25) is 0 Å². The molecule has 0 amide bonds. The maximum absolute atomic E-state index is 12.7. The Morgan fingerprint density at radius 2 is 1.23 bits per heavy atom. The third-order valence-electron chi connectivity index (χ3n) is 6.21. The number of methoxy groups -OCH3 is 1. The average molecular weight is 716 g/mol. The fourth-order valence-electron chi connectivity index (χ4n) is 3.91. The molecule has 5 rings (SSSR count). The van der Waals surface area contributed by atoms with Gasteiger partial charge in [-0.2, -0.15) is 41.6 Å². The number of halogens is 7. The third kappa shape index (κ3) is 7.09. The molecular weight excluding hydrogens is 693 g/mol. The number of hydrogen-bond acceptors (Lipinski definition) is 5. The first kappa shape index (κ1) is 31.8. The zero-order valence-corrected chi connectivity index (χ0v) is 25.2. The fraction of sp³-hybridized carbons (Fsp3) is 0.214. The van der Waals surface area contributed by atoms with E-state index in [4.69, 9.17) is 4.74 Å². The van der Waals surface area contributed by atoms with Crippen LogP contribution in [0.1, 0.15) is 22.3 Å². The van der Waals surface area contributed by atoms with Crippen LogP contribution in [-0.4, -0.2) is 36.5 Å². The van der Waals surface area contributed by atoms with Crippen LogP contribution >= 0.6 is 22.6 Å². The van der Waals surface area contributed by atoms with Crippen LogP contribution in [0.15, 0.2) is 71.9 Å². The van der Waals surface area contributed by atoms with Gasteiger partial charge in [0.1, 0.15) is 15.0 Å². The lowest BCUT2D eigenvalue weighted by atomic mass is 10.1. The first-order valence-corrected chi connectivity index (χ1v) is 13.4. The van der Waals surface area contributed by atoms with E-state index in [0.717, 1.165) is 38.2 Å². The second-order valence-corrected chi connectivity index (χ2v) is 10.3. The maximum atomic E-state index is 12.7. The molecule has 0 aliphatic heterocycles. The van der Waals surface area contributed by atoms with Crippen molar-refractivity contribution in [2.45, 2.75) is 26.2 Å². The summed E-state index contributed by atoms with van der Waals surface area (Å²) in [6.07, 6.45) is -3.87. The monoisotopic (exact) mass is 716 g/mol. The molecule has 5 aromatic rings. The molecular formula is C28H23F6IN6O2. The highest BCUT2D eigenvalue weighted by molar-refractivity contribution is 14.1. The molecule has 3 aromatic heterocycles. The topological polar surface area (TPSA) is 79.8 Å². The van der Waals surface area contributed by atoms with E-state index in [0.29, 0.717) is 22.6 Å². The van der Waals surface area contributed by atoms with E-state index in [9.17, 15) is 31.1 Å². The number of rotatable bonds is 4. The van der Waals surface area contributed by atoms with Gasteiger partial charge in [0, 0.05) is 25.0 Å². The molecule has 0 bridgehead atoms. The number of alkyl halides is 6. The third-order valence-corrected chi connectivity index (χ3v) is 7.28. The van der Waals surface area contributed by atoms with Crippen LogP contribution in [-0.2, 0) is 19.4 Å². The maximum Gasteiger partial charge on any atom is 0.416 e. The summed E-state index contributed by atoms with van der Waals surface area (Å²) in [4.78, 5) is 12.4. The predicted octanol–water partition coefficient (Wildman–Crippen LogP) is 6.77. The van der Waals surface area contributed by atoms with Crippen LogP contribution in [0.3, 0.4) is 0 Å². The highest BCUT2D eigenvalue weighted by atomic mass is 127. The molecule has 0 radical (unpaired) electrons. The highest BCUT2D eigenvalue weighted by Gasteiger charge is 2.31. The van der Waals surface area contributed by atoms with Crippen LogP contribution in [0, 0.1) is 17.5 Å². The molecule has 43 heavy (non-hydrogen) atoms. The van der Waals surface area contributed by atoms with Gasteiger partial charge in [-0.3, -0.25) is 4.79 Å². The van der Waals surface area contributed by atoms with Gasteiger partial charge < -0.3 is 4.74 Å². The molecule has 3 heterocycles. The minimum absolute atomic E-state index is 0.244. The quantitative estimate of drug-likeness (QED) is 0.152. The van der Waals surface area contributed by atoms with Gasteiger partial charge in [-0.1, -0.05) is 0 Å². The lowest BCUT2D eigenvalue weighted by molar-refractivity contribution is -0.138. The van der Waals surface area contributed by atoms with E-state index >= 15 is 0 Å². The van der Waals surface area contributed by atoms with E-state index in [1.54, 1.807) is 24.0 Å². The Labute approximate surface area is 254 Å². The van der Waals surface area contributed by atoms with Gasteiger partial charge in [0.05, 0.1) is 35.8 Å². The molecule has 0 saturated carbocycles. The average Bonchev–Trinajstić information content (AvgIpc) is 3.50. The van der Waals surface area contributed by atoms with Gasteiger partial charge >= 0.3 is 12.4 Å². The Kier molecular flexibility index (Phi) is 9.03. The summed E-state index contributed by atoms with van der Waals surface area (Å²) < 4.78 is 85.4. The van der Waals surface area contributed by atoms with Crippen LogP contribution in [0.5, 0.6) is 5.75 Å². The molecule has 8 nitrogen and oxygen atoms in total. The molecule has 0 spiro atoms. The molecule has 2 aromatic carbocycles. The molecule has 0 saturated heterocycles. The molecule has 0 unspecified atom stereocenters. The lowest BCUT2D eigenvalue weighted by Gasteiger charge is -2.08. The number of hydrogen-bond donors (Lipinski definition) is 0. The van der Waals surface area contributed by atoms with E-state index in [-0.39, 0.29) is 16.9 Å². The smallest absolute Gasteiger partial charge is 0.416 e. The molecule has 0 N–H and O–H groups in total. The van der Waals surface area contributed by atoms with Crippen molar-refractivity contribution < 1.29 is 31.1 Å². The van der Waals surface area contributed by atoms with E-state index < -0.39 is 23.5 Å². The first-order chi connectivity index (χ1) is 20.1. The van der Waals surface area contributed by atoms with Crippen molar-refractivity contribution in [1.82, 2.24) is 29.3 Å². The summed E-state index contributed by atoms with van der Waals surface area (Å²) in [5.41, 5.74) is 1.57. The summed E-state index contributed by atoms with van der Waals surface area (Å²) in [5.74, 6) is 0.272. The largest absolute Gasteiger partial charge is 0.494 e. The van der Waals surface area contributed by atoms with Crippen LogP contribution in [0.2, 0.25) is 0 Å². The van der Waals surface area contributed by atoms with Crippen molar-refractivity contribution in [2.24, 2.45) is 7.05 Å². The summed E-state index contributed by atoms with van der Waals surface area (Å²) in [7, 11) is 2.93. The van der Waals surface area contributed by atoms with Crippen molar-refractivity contribution in [3.05, 3.63) is 103 Å². The van der Waals surface area contributed by atoms with Gasteiger partial charge in [0.25, 0.3) is 5.56 Å². The predicted molar refractivity (Wildman–Crippen MR) is 154 cm³/mol. The van der Waals surface area contributed by atoms with Gasteiger partial charge in [-0.15, -0.1) is 0 Å². The number of aromatic nitrogens is 6. The van der Waals surface area contributed by atoms with Crippen LogP contribution in [0.25, 0.3) is 22.6 Å². The Bertz CT molecular complexity index is 1770. The first-order valence-electron chi connectivity index (χ1n) is 12.3. The second-order valence-electron chi connectivity index (χ2n) is 9.26. The SMILES string of the molecule is COc1cnn(C)c(=O)c1-c1nn(-c2ccc(C(F)(F)F)cc2)cc1C.Cc1cn(-c2ccc(C(F)(F)F)cc2)nc1I. The summed E-state index contributed by atoms with van der Waals surface area (Å²) >= 11 is 2.08. The number of ether oxygens (including phenoxy) is 1. The van der Waals surface area contributed by atoms with Crippen molar-refractivity contribution >= 4 is 22.6 Å². The Morgan fingerprint density at radius 3 is 1.65 bits per heavy atom. The fourth-order valence-corrected chi connectivity index (χ4v) is 4.28. The second kappa shape index (κ2) is 12.2. The summed E-state index contributed by atoms with van der Waals surface area (Å²) in [6, 6.07) is 9.53. The molecule has 0 aliphatic carbocycles. The van der Waals surface area contributed by atoms with Crippen molar-refractivity contribution in [1.29, 1.82) is 0 Å². The van der Waals surface area contributed by atoms with E-state index in [1.807, 2.05) is 6.92 Å². The zero-order chi connectivity index (χ0) is 31.7. The molecule has 0 atom stereocenters. The molecule has 0 fully saturated rings. The van der Waals surface area contributed by atoms with E-state index in [1.165, 1.54) is 49.3 Å². The molecule has 226 valence electrons. The molecule has 0 aliphatic rings. The Hall–Kier alpha value is -4.15.